The van der Waals surface area contributed by atoms with Gasteiger partial charge in [-0.05, 0) is 25.0 Å². The number of ether oxygens (including phenoxy) is 1. The summed E-state index contributed by atoms with van der Waals surface area (Å²) >= 11 is 1.76. The lowest BCUT2D eigenvalue weighted by atomic mass is 10.1. The summed E-state index contributed by atoms with van der Waals surface area (Å²) in [5.41, 5.74) is 7.84. The zero-order chi connectivity index (χ0) is 14.5. The van der Waals surface area contributed by atoms with Gasteiger partial charge in [-0.15, -0.1) is 11.3 Å². The van der Waals surface area contributed by atoms with Crippen LogP contribution in [-0.4, -0.2) is 12.1 Å². The van der Waals surface area contributed by atoms with E-state index in [1.165, 1.54) is 4.88 Å². The monoisotopic (exact) mass is 291 g/mol. The number of aromatic nitrogens is 1. The number of aryl methyl sites for hydroxylation is 1. The minimum atomic E-state index is 0.224. The predicted octanol–water partition coefficient (Wildman–Crippen LogP) is 3.15. The van der Waals surface area contributed by atoms with E-state index in [1.54, 1.807) is 18.4 Å². The standard InChI is InChI=1S/C15H21N3OS/c1-4-13-9-18-15(20-13)10(2)17-8-11-5-6-12(19-3)7-14(11)16/h5-7,9-10,17H,4,8,16H2,1-3H3. The molecule has 1 unspecified atom stereocenters. The Morgan fingerprint density at radius 1 is 1.45 bits per heavy atom. The molecule has 1 aromatic carbocycles. The van der Waals surface area contributed by atoms with Gasteiger partial charge in [-0.2, -0.15) is 0 Å². The van der Waals surface area contributed by atoms with Crippen molar-refractivity contribution in [3.63, 3.8) is 0 Å². The normalized spacial score (nSPS) is 12.3. The highest BCUT2D eigenvalue weighted by atomic mass is 32.1. The summed E-state index contributed by atoms with van der Waals surface area (Å²) in [5.74, 6) is 0.784. The van der Waals surface area contributed by atoms with Crippen molar-refractivity contribution in [1.82, 2.24) is 10.3 Å². The lowest BCUT2D eigenvalue weighted by Gasteiger charge is -2.13. The van der Waals surface area contributed by atoms with Crippen LogP contribution in [0.2, 0.25) is 0 Å². The number of anilines is 1. The van der Waals surface area contributed by atoms with Gasteiger partial charge in [0, 0.05) is 29.4 Å². The number of rotatable bonds is 6. The summed E-state index contributed by atoms with van der Waals surface area (Å²) in [4.78, 5) is 5.77. The van der Waals surface area contributed by atoms with Crippen LogP contribution in [0.25, 0.3) is 0 Å². The van der Waals surface area contributed by atoms with Crippen molar-refractivity contribution in [2.45, 2.75) is 32.9 Å². The zero-order valence-electron chi connectivity index (χ0n) is 12.1. The molecule has 108 valence electrons. The largest absolute Gasteiger partial charge is 0.497 e. The average Bonchev–Trinajstić information content (AvgIpc) is 2.94. The molecule has 0 aliphatic carbocycles. The molecule has 1 atom stereocenters. The van der Waals surface area contributed by atoms with E-state index in [1.807, 2.05) is 24.4 Å². The first kappa shape index (κ1) is 14.8. The van der Waals surface area contributed by atoms with Crippen LogP contribution in [0.1, 0.15) is 35.3 Å². The Morgan fingerprint density at radius 2 is 2.25 bits per heavy atom. The number of thiazole rings is 1. The maximum Gasteiger partial charge on any atom is 0.120 e. The maximum absolute atomic E-state index is 6.01. The Morgan fingerprint density at radius 3 is 2.85 bits per heavy atom. The molecule has 1 aromatic heterocycles. The first-order chi connectivity index (χ1) is 9.63. The van der Waals surface area contributed by atoms with Gasteiger partial charge in [0.1, 0.15) is 10.8 Å². The molecule has 0 aliphatic heterocycles. The zero-order valence-corrected chi connectivity index (χ0v) is 13.0. The van der Waals surface area contributed by atoms with Crippen LogP contribution in [-0.2, 0) is 13.0 Å². The SMILES string of the molecule is CCc1cnc(C(C)NCc2ccc(OC)cc2N)s1. The van der Waals surface area contributed by atoms with Gasteiger partial charge in [0.2, 0.25) is 0 Å². The molecule has 2 rings (SSSR count). The molecule has 1 heterocycles. The van der Waals surface area contributed by atoms with Crippen molar-refractivity contribution in [3.8, 4) is 5.75 Å². The van der Waals surface area contributed by atoms with Crippen molar-refractivity contribution in [2.75, 3.05) is 12.8 Å². The molecule has 3 N–H and O–H groups in total. The van der Waals surface area contributed by atoms with Crippen LogP contribution in [0.5, 0.6) is 5.75 Å². The minimum Gasteiger partial charge on any atom is -0.497 e. The highest BCUT2D eigenvalue weighted by Gasteiger charge is 2.10. The summed E-state index contributed by atoms with van der Waals surface area (Å²) < 4.78 is 5.15. The third-order valence-electron chi connectivity index (χ3n) is 3.24. The van der Waals surface area contributed by atoms with E-state index in [4.69, 9.17) is 10.5 Å². The molecule has 0 aliphatic rings. The lowest BCUT2D eigenvalue weighted by Crippen LogP contribution is -2.18. The van der Waals surface area contributed by atoms with Crippen LogP contribution in [0, 0.1) is 0 Å². The smallest absolute Gasteiger partial charge is 0.120 e. The molecule has 0 amide bonds. The Kier molecular flexibility index (Phi) is 4.98. The summed E-state index contributed by atoms with van der Waals surface area (Å²) in [6.07, 6.45) is 3.00. The quantitative estimate of drug-likeness (QED) is 0.803. The highest BCUT2D eigenvalue weighted by molar-refractivity contribution is 7.11. The molecule has 4 nitrogen and oxygen atoms in total. The molecular formula is C15H21N3OS. The van der Waals surface area contributed by atoms with Crippen LogP contribution < -0.4 is 15.8 Å². The number of benzene rings is 1. The maximum atomic E-state index is 6.01. The van der Waals surface area contributed by atoms with Gasteiger partial charge in [-0.3, -0.25) is 0 Å². The molecule has 0 fully saturated rings. The molecule has 2 aromatic rings. The van der Waals surface area contributed by atoms with Crippen LogP contribution >= 0.6 is 11.3 Å². The van der Waals surface area contributed by atoms with E-state index < -0.39 is 0 Å². The fraction of sp³-hybridized carbons (Fsp3) is 0.400. The Balaban J connectivity index is 1.97. The summed E-state index contributed by atoms with van der Waals surface area (Å²) in [5, 5.41) is 4.58. The van der Waals surface area contributed by atoms with Crippen LogP contribution in [0.15, 0.2) is 24.4 Å². The molecule has 0 saturated carbocycles. The first-order valence-corrected chi connectivity index (χ1v) is 7.56. The van der Waals surface area contributed by atoms with Gasteiger partial charge in [0.05, 0.1) is 13.2 Å². The van der Waals surface area contributed by atoms with E-state index in [0.717, 1.165) is 35.0 Å². The van der Waals surface area contributed by atoms with Gasteiger partial charge in [-0.1, -0.05) is 13.0 Å². The van der Waals surface area contributed by atoms with Crippen LogP contribution in [0.4, 0.5) is 5.69 Å². The molecule has 0 spiro atoms. The number of nitrogens with zero attached hydrogens (tertiary/aromatic N) is 1. The summed E-state index contributed by atoms with van der Waals surface area (Å²) in [6, 6.07) is 5.99. The predicted molar refractivity (Wildman–Crippen MR) is 84.2 cm³/mol. The number of nitrogens with two attached hydrogens (primary N) is 1. The third-order valence-corrected chi connectivity index (χ3v) is 4.57. The Hall–Kier alpha value is -1.59. The second-order valence-corrected chi connectivity index (χ2v) is 5.83. The van der Waals surface area contributed by atoms with Crippen molar-refractivity contribution >= 4 is 17.0 Å². The number of nitrogens with one attached hydrogen (secondary N) is 1. The number of methoxy groups -OCH3 is 1. The van der Waals surface area contributed by atoms with E-state index in [-0.39, 0.29) is 6.04 Å². The number of hydrogen-bond acceptors (Lipinski definition) is 5. The second-order valence-electron chi connectivity index (χ2n) is 4.69. The number of nitrogen functional groups attached to an aromatic ring is 1. The highest BCUT2D eigenvalue weighted by Crippen LogP contribution is 2.23. The van der Waals surface area contributed by atoms with Crippen molar-refractivity contribution < 1.29 is 4.74 Å². The fourth-order valence-electron chi connectivity index (χ4n) is 1.90. The second kappa shape index (κ2) is 6.72. The van der Waals surface area contributed by atoms with Gasteiger partial charge >= 0.3 is 0 Å². The fourth-order valence-corrected chi connectivity index (χ4v) is 2.78. The molecule has 0 radical (unpaired) electrons. The minimum absolute atomic E-state index is 0.224. The third kappa shape index (κ3) is 3.49. The molecule has 0 saturated heterocycles. The van der Waals surface area contributed by atoms with Gasteiger partial charge < -0.3 is 15.8 Å². The summed E-state index contributed by atoms with van der Waals surface area (Å²) in [7, 11) is 1.64. The topological polar surface area (TPSA) is 60.2 Å². The average molecular weight is 291 g/mol. The van der Waals surface area contributed by atoms with Crippen molar-refractivity contribution in [3.05, 3.63) is 39.8 Å². The molecular weight excluding hydrogens is 270 g/mol. The first-order valence-electron chi connectivity index (χ1n) is 6.74. The van der Waals surface area contributed by atoms with E-state index in [9.17, 15) is 0 Å². The van der Waals surface area contributed by atoms with Gasteiger partial charge in [0.15, 0.2) is 0 Å². The summed E-state index contributed by atoms with van der Waals surface area (Å²) in [6.45, 7) is 4.99. The Labute approximate surface area is 124 Å². The molecule has 5 heteroatoms. The van der Waals surface area contributed by atoms with Gasteiger partial charge in [0.25, 0.3) is 0 Å². The van der Waals surface area contributed by atoms with E-state index >= 15 is 0 Å². The Bertz CT molecular complexity index is 568. The lowest BCUT2D eigenvalue weighted by molar-refractivity contribution is 0.415. The van der Waals surface area contributed by atoms with Crippen LogP contribution in [0.3, 0.4) is 0 Å². The van der Waals surface area contributed by atoms with Crippen molar-refractivity contribution in [2.24, 2.45) is 0 Å². The molecule has 0 bridgehead atoms. The molecule has 20 heavy (non-hydrogen) atoms. The van der Waals surface area contributed by atoms with E-state index in [2.05, 4.69) is 24.1 Å². The van der Waals surface area contributed by atoms with Crippen molar-refractivity contribution in [1.29, 1.82) is 0 Å². The number of hydrogen-bond donors (Lipinski definition) is 2. The van der Waals surface area contributed by atoms with E-state index in [0.29, 0.717) is 0 Å². The van der Waals surface area contributed by atoms with Gasteiger partial charge in [-0.25, -0.2) is 4.98 Å².